The predicted molar refractivity (Wildman–Crippen MR) is 170 cm³/mol. The SMILES string of the molecule is c1c[n+]2ccc1-c1cc[n+](cc1)CCCCc1cn(nn1)CC[n+]1ccc(cc1)-c1cc[n+](cc1)CCn1cc(nn1)CCCC2. The standard InChI is InChI=1S/C36H42N10/c1-3-15-41-17-7-31(8-18-41)32-9-19-42(20-10-32)16-4-2-6-36-30-46(40-38-36)28-26-44-23-13-34(14-24-44)33-11-21-43(22-12-33)25-27-45-29-35(5-1)37-39-45/h7-14,17-24,29-30H,1-6,15-16,25-28H2/q+4. The molecule has 0 fully saturated rings. The van der Waals surface area contributed by atoms with Gasteiger partial charge < -0.3 is 0 Å². The summed E-state index contributed by atoms with van der Waals surface area (Å²) in [6, 6.07) is 17.6. The van der Waals surface area contributed by atoms with Crippen molar-refractivity contribution in [2.75, 3.05) is 0 Å². The van der Waals surface area contributed by atoms with Crippen molar-refractivity contribution in [1.29, 1.82) is 0 Å². The predicted octanol–water partition coefficient (Wildman–Crippen LogP) is 3.11. The van der Waals surface area contributed by atoms with Gasteiger partial charge in [0.25, 0.3) is 0 Å². The van der Waals surface area contributed by atoms with E-state index in [9.17, 15) is 0 Å². The van der Waals surface area contributed by atoms with E-state index < -0.39 is 0 Å². The first-order chi connectivity index (χ1) is 22.7. The van der Waals surface area contributed by atoms with E-state index in [1.807, 2.05) is 9.36 Å². The van der Waals surface area contributed by atoms with Gasteiger partial charge in [-0.2, -0.15) is 0 Å². The second-order valence-corrected chi connectivity index (χ2v) is 12.2. The lowest BCUT2D eigenvalue weighted by molar-refractivity contribution is -0.698. The number of nitrogens with zero attached hydrogens (tertiary/aromatic N) is 10. The zero-order chi connectivity index (χ0) is 31.0. The van der Waals surface area contributed by atoms with Gasteiger partial charge in [0.15, 0.2) is 62.7 Å². The Bertz CT molecular complexity index is 1690. The molecule has 0 unspecified atom stereocenters. The average molecular weight is 615 g/mol. The first-order valence-electron chi connectivity index (χ1n) is 16.5. The Labute approximate surface area is 269 Å². The molecule has 0 N–H and O–H groups in total. The fourth-order valence-electron chi connectivity index (χ4n) is 5.96. The first kappa shape index (κ1) is 29.6. The fourth-order valence-corrected chi connectivity index (χ4v) is 5.96. The Morgan fingerprint density at radius 2 is 0.739 bits per heavy atom. The second kappa shape index (κ2) is 14.3. The molecule has 6 aromatic rings. The maximum absolute atomic E-state index is 4.42. The smallest absolute Gasteiger partial charge is 0.169 e. The summed E-state index contributed by atoms with van der Waals surface area (Å²) in [6.45, 7) is 5.26. The van der Waals surface area contributed by atoms with Crippen LogP contribution in [-0.2, 0) is 52.1 Å². The third-order valence-electron chi connectivity index (χ3n) is 8.78. The molecule has 0 saturated carbocycles. The minimum absolute atomic E-state index is 0.791. The summed E-state index contributed by atoms with van der Waals surface area (Å²) in [5, 5.41) is 17.6. The van der Waals surface area contributed by atoms with Crippen LogP contribution in [0.2, 0.25) is 0 Å². The Morgan fingerprint density at radius 1 is 0.413 bits per heavy atom. The number of rotatable bonds is 0. The largest absolute Gasteiger partial charge is 0.246 e. The van der Waals surface area contributed by atoms with E-state index in [0.717, 1.165) is 89.2 Å². The summed E-state index contributed by atoms with van der Waals surface area (Å²) in [7, 11) is 0. The maximum atomic E-state index is 4.42. The summed E-state index contributed by atoms with van der Waals surface area (Å²) in [5.74, 6) is 0. The van der Waals surface area contributed by atoms with E-state index in [-0.39, 0.29) is 0 Å². The number of aryl methyl sites for hydroxylation is 8. The molecule has 16 rings (SSSR count). The zero-order valence-corrected chi connectivity index (χ0v) is 26.3. The molecule has 0 radical (unpaired) electrons. The molecule has 232 valence electrons. The molecule has 0 amide bonds. The highest BCUT2D eigenvalue weighted by atomic mass is 15.4. The number of hydrogen-bond acceptors (Lipinski definition) is 4. The summed E-state index contributed by atoms with van der Waals surface area (Å²) >= 11 is 0. The number of hydrogen-bond donors (Lipinski definition) is 0. The molecule has 10 nitrogen and oxygen atoms in total. The molecular weight excluding hydrogens is 572 g/mol. The molecular formula is C36H42N10+4. The zero-order valence-electron chi connectivity index (χ0n) is 26.3. The number of pyridine rings is 4. The van der Waals surface area contributed by atoms with Crippen LogP contribution in [0.15, 0.2) is 110 Å². The summed E-state index contributed by atoms with van der Waals surface area (Å²) in [5.41, 5.74) is 7.01. The quantitative estimate of drug-likeness (QED) is 0.247. The van der Waals surface area contributed by atoms with Gasteiger partial charge in [-0.3, -0.25) is 0 Å². The van der Waals surface area contributed by atoms with Gasteiger partial charge in [0.05, 0.1) is 11.4 Å². The molecule has 10 aliphatic heterocycles. The molecule has 6 aromatic heterocycles. The van der Waals surface area contributed by atoms with Gasteiger partial charge in [-0.15, -0.1) is 10.2 Å². The lowest BCUT2D eigenvalue weighted by Crippen LogP contribution is -2.35. The monoisotopic (exact) mass is 614 g/mol. The van der Waals surface area contributed by atoms with Crippen molar-refractivity contribution in [2.45, 2.75) is 77.8 Å². The first-order valence-corrected chi connectivity index (χ1v) is 16.5. The van der Waals surface area contributed by atoms with E-state index >= 15 is 0 Å². The second-order valence-electron chi connectivity index (χ2n) is 12.2. The summed E-state index contributed by atoms with van der Waals surface area (Å²) in [4.78, 5) is 0. The molecule has 0 aromatic carbocycles. The van der Waals surface area contributed by atoms with Crippen LogP contribution >= 0.6 is 0 Å². The van der Waals surface area contributed by atoms with Gasteiger partial charge in [-0.25, -0.2) is 27.6 Å². The van der Waals surface area contributed by atoms with Crippen LogP contribution in [0.5, 0.6) is 0 Å². The van der Waals surface area contributed by atoms with Crippen LogP contribution in [0.4, 0.5) is 0 Å². The topological polar surface area (TPSA) is 76.9 Å². The van der Waals surface area contributed by atoms with Gasteiger partial charge in [-0.1, -0.05) is 10.4 Å². The maximum Gasteiger partial charge on any atom is 0.169 e. The Hall–Kier alpha value is -5.12. The molecule has 10 aliphatic rings. The van der Waals surface area contributed by atoms with Gasteiger partial charge in [0, 0.05) is 73.8 Å². The molecule has 0 saturated heterocycles. The van der Waals surface area contributed by atoms with Gasteiger partial charge in [0.1, 0.15) is 26.2 Å². The molecule has 0 spiro atoms. The molecule has 46 heavy (non-hydrogen) atoms. The third kappa shape index (κ3) is 7.74. The van der Waals surface area contributed by atoms with Crippen molar-refractivity contribution in [3.63, 3.8) is 0 Å². The molecule has 12 bridgehead atoms. The fraction of sp³-hybridized carbons (Fsp3) is 0.333. The van der Waals surface area contributed by atoms with Crippen LogP contribution in [-0.4, -0.2) is 30.0 Å². The minimum atomic E-state index is 0.791. The molecule has 16 heterocycles. The van der Waals surface area contributed by atoms with E-state index in [4.69, 9.17) is 0 Å². The van der Waals surface area contributed by atoms with Crippen molar-refractivity contribution in [2.24, 2.45) is 0 Å². The van der Waals surface area contributed by atoms with Crippen molar-refractivity contribution >= 4 is 0 Å². The van der Waals surface area contributed by atoms with E-state index in [1.165, 1.54) is 22.3 Å². The number of aromatic nitrogens is 10. The summed E-state index contributed by atoms with van der Waals surface area (Å²) in [6.07, 6.45) is 27.8. The highest BCUT2D eigenvalue weighted by Crippen LogP contribution is 2.17. The Morgan fingerprint density at radius 3 is 1.09 bits per heavy atom. The van der Waals surface area contributed by atoms with Gasteiger partial charge >= 0.3 is 0 Å². The van der Waals surface area contributed by atoms with Crippen LogP contribution < -0.4 is 18.3 Å². The normalized spacial score (nSPS) is 14.8. The van der Waals surface area contributed by atoms with Crippen LogP contribution in [0.1, 0.15) is 37.1 Å². The Balaban J connectivity index is 1.02. The average Bonchev–Trinajstić information content (AvgIpc) is 3.77. The van der Waals surface area contributed by atoms with Crippen molar-refractivity contribution in [1.82, 2.24) is 30.0 Å². The van der Waals surface area contributed by atoms with Gasteiger partial charge in [0.2, 0.25) is 0 Å². The van der Waals surface area contributed by atoms with Crippen molar-refractivity contribution in [3.8, 4) is 22.3 Å². The van der Waals surface area contributed by atoms with Crippen molar-refractivity contribution in [3.05, 3.63) is 122 Å². The van der Waals surface area contributed by atoms with E-state index in [2.05, 4.69) is 149 Å². The van der Waals surface area contributed by atoms with Crippen LogP contribution in [0.25, 0.3) is 22.3 Å². The highest BCUT2D eigenvalue weighted by molar-refractivity contribution is 5.61. The van der Waals surface area contributed by atoms with Gasteiger partial charge in [-0.05, 0) is 47.9 Å². The van der Waals surface area contributed by atoms with Crippen LogP contribution in [0, 0.1) is 0 Å². The van der Waals surface area contributed by atoms with E-state index in [1.54, 1.807) is 0 Å². The summed E-state index contributed by atoms with van der Waals surface area (Å²) < 4.78 is 12.8. The molecule has 0 atom stereocenters. The van der Waals surface area contributed by atoms with Crippen LogP contribution in [0.3, 0.4) is 0 Å². The third-order valence-corrected chi connectivity index (χ3v) is 8.78. The lowest BCUT2D eigenvalue weighted by Gasteiger charge is -2.03. The highest BCUT2D eigenvalue weighted by Gasteiger charge is 2.11. The molecule has 0 aliphatic carbocycles. The lowest BCUT2D eigenvalue weighted by atomic mass is 10.1. The van der Waals surface area contributed by atoms with E-state index in [0.29, 0.717) is 0 Å². The Kier molecular flexibility index (Phi) is 9.21. The van der Waals surface area contributed by atoms with Crippen molar-refractivity contribution < 1.29 is 18.3 Å². The molecule has 10 heteroatoms. The minimum Gasteiger partial charge on any atom is -0.246 e.